The Morgan fingerprint density at radius 3 is 2.74 bits per heavy atom. The second-order valence-corrected chi connectivity index (χ2v) is 7.23. The number of rotatable bonds is 7. The Balaban J connectivity index is 2.10. The van der Waals surface area contributed by atoms with Crippen molar-refractivity contribution in [3.8, 4) is 0 Å². The lowest BCUT2D eigenvalue weighted by atomic mass is 10.1. The molecule has 23 heavy (non-hydrogen) atoms. The molecule has 2 N–H and O–H groups in total. The lowest BCUT2D eigenvalue weighted by molar-refractivity contribution is -0.138. The van der Waals surface area contributed by atoms with Crippen LogP contribution in [0.4, 0.5) is 0 Å². The maximum atomic E-state index is 12.1. The van der Waals surface area contributed by atoms with Gasteiger partial charge in [-0.1, -0.05) is 28.9 Å². The van der Waals surface area contributed by atoms with Crippen molar-refractivity contribution >= 4 is 27.6 Å². The summed E-state index contributed by atoms with van der Waals surface area (Å²) in [5.41, 5.74) is 1.16. The fourth-order valence-electron chi connectivity index (χ4n) is 2.01. The number of nitrogens with zero attached hydrogens (tertiary/aromatic N) is 1. The van der Waals surface area contributed by atoms with Gasteiger partial charge in [0.05, 0.1) is 5.69 Å². The molecule has 1 aromatic carbocycles. The average Bonchev–Trinajstić information content (AvgIpc) is 2.82. The molecule has 0 spiro atoms. The first kappa shape index (κ1) is 17.5. The molecule has 0 saturated heterocycles. The molecule has 1 unspecified atom stereocenters. The van der Waals surface area contributed by atoms with Crippen LogP contribution in [0.2, 0.25) is 5.02 Å². The van der Waals surface area contributed by atoms with Crippen LogP contribution in [0.15, 0.2) is 34.9 Å². The van der Waals surface area contributed by atoms with E-state index in [-0.39, 0.29) is 12.2 Å². The van der Waals surface area contributed by atoms with E-state index in [1.807, 2.05) is 0 Å². The molecule has 0 aliphatic heterocycles. The molecule has 2 rings (SSSR count). The number of hydrogen-bond acceptors (Lipinski definition) is 5. The van der Waals surface area contributed by atoms with E-state index in [2.05, 4.69) is 9.88 Å². The molecule has 7 nitrogen and oxygen atoms in total. The van der Waals surface area contributed by atoms with Crippen molar-refractivity contribution in [3.63, 3.8) is 0 Å². The van der Waals surface area contributed by atoms with Crippen LogP contribution in [0, 0.1) is 6.92 Å². The first-order valence-corrected chi connectivity index (χ1v) is 8.67. The SMILES string of the molecule is Cc1cc(CS(=O)(=O)NC(Cc2cccc(Cl)c2)C(=O)O)on1. The fourth-order valence-corrected chi connectivity index (χ4v) is 3.43. The van der Waals surface area contributed by atoms with Crippen molar-refractivity contribution in [2.45, 2.75) is 25.1 Å². The maximum Gasteiger partial charge on any atom is 0.322 e. The highest BCUT2D eigenvalue weighted by Crippen LogP contribution is 2.13. The molecule has 1 aromatic heterocycles. The Kier molecular flexibility index (Phi) is 5.40. The minimum atomic E-state index is -3.89. The second kappa shape index (κ2) is 7.12. The van der Waals surface area contributed by atoms with Crippen LogP contribution in [0.25, 0.3) is 0 Å². The van der Waals surface area contributed by atoms with E-state index in [1.165, 1.54) is 6.07 Å². The van der Waals surface area contributed by atoms with Crippen LogP contribution in [-0.2, 0) is 27.0 Å². The molecule has 124 valence electrons. The third-order valence-corrected chi connectivity index (χ3v) is 4.50. The highest BCUT2D eigenvalue weighted by Gasteiger charge is 2.25. The summed E-state index contributed by atoms with van der Waals surface area (Å²) in [5, 5.41) is 13.3. The zero-order valence-corrected chi connectivity index (χ0v) is 13.8. The second-order valence-electron chi connectivity index (χ2n) is 5.04. The van der Waals surface area contributed by atoms with Crippen LogP contribution in [0.3, 0.4) is 0 Å². The van der Waals surface area contributed by atoms with Crippen molar-refractivity contribution in [2.24, 2.45) is 0 Å². The highest BCUT2D eigenvalue weighted by atomic mass is 35.5. The van der Waals surface area contributed by atoms with Crippen molar-refractivity contribution in [1.29, 1.82) is 0 Å². The van der Waals surface area contributed by atoms with Gasteiger partial charge in [0, 0.05) is 11.1 Å². The van der Waals surface area contributed by atoms with E-state index < -0.39 is 27.8 Å². The standard InChI is InChI=1S/C14H15ClN2O5S/c1-9-5-12(22-16-9)8-23(20,21)17-13(14(18)19)7-10-3-2-4-11(15)6-10/h2-6,13,17H,7-8H2,1H3,(H,18,19). The number of halogens is 1. The summed E-state index contributed by atoms with van der Waals surface area (Å²) < 4.78 is 31.2. The Morgan fingerprint density at radius 1 is 1.43 bits per heavy atom. The van der Waals surface area contributed by atoms with Crippen molar-refractivity contribution in [3.05, 3.63) is 52.4 Å². The molecule has 0 amide bonds. The number of aliphatic carboxylic acids is 1. The number of benzene rings is 1. The molecule has 0 bridgehead atoms. The predicted octanol–water partition coefficient (Wildman–Crippen LogP) is 1.75. The van der Waals surface area contributed by atoms with Gasteiger partial charge in [-0.15, -0.1) is 0 Å². The number of aromatic nitrogens is 1. The van der Waals surface area contributed by atoms with Gasteiger partial charge in [-0.2, -0.15) is 0 Å². The molecule has 0 aliphatic rings. The Hall–Kier alpha value is -1.90. The zero-order valence-electron chi connectivity index (χ0n) is 12.2. The number of hydrogen-bond donors (Lipinski definition) is 2. The molecule has 0 saturated carbocycles. The van der Waals surface area contributed by atoms with Gasteiger partial charge >= 0.3 is 5.97 Å². The summed E-state index contributed by atoms with van der Waals surface area (Å²) in [6.07, 6.45) is -0.0233. The Labute approximate surface area is 138 Å². The maximum absolute atomic E-state index is 12.1. The van der Waals surface area contributed by atoms with Crippen molar-refractivity contribution in [1.82, 2.24) is 9.88 Å². The van der Waals surface area contributed by atoms with E-state index in [4.69, 9.17) is 16.1 Å². The summed E-state index contributed by atoms with van der Waals surface area (Å²) in [6.45, 7) is 1.66. The summed E-state index contributed by atoms with van der Waals surface area (Å²) in [4.78, 5) is 11.3. The van der Waals surface area contributed by atoms with E-state index in [0.29, 0.717) is 16.3 Å². The van der Waals surface area contributed by atoms with Gasteiger partial charge in [-0.25, -0.2) is 13.1 Å². The Bertz CT molecular complexity index is 803. The van der Waals surface area contributed by atoms with Crippen molar-refractivity contribution < 1.29 is 22.8 Å². The quantitative estimate of drug-likeness (QED) is 0.780. The summed E-state index contributed by atoms with van der Waals surface area (Å²) in [5.74, 6) is -1.61. The molecule has 1 atom stereocenters. The van der Waals surface area contributed by atoms with Gasteiger partial charge in [-0.3, -0.25) is 4.79 Å². The van der Waals surface area contributed by atoms with Crippen LogP contribution >= 0.6 is 11.6 Å². The molecule has 9 heteroatoms. The van der Waals surface area contributed by atoms with Crippen molar-refractivity contribution in [2.75, 3.05) is 0 Å². The van der Waals surface area contributed by atoms with Gasteiger partial charge in [-0.05, 0) is 31.0 Å². The number of sulfonamides is 1. The zero-order chi connectivity index (χ0) is 17.0. The monoisotopic (exact) mass is 358 g/mol. The van der Waals surface area contributed by atoms with Crippen LogP contribution in [-0.4, -0.2) is 30.7 Å². The van der Waals surface area contributed by atoms with Gasteiger partial charge in [0.15, 0.2) is 5.76 Å². The summed E-state index contributed by atoms with van der Waals surface area (Å²) in [7, 11) is -3.89. The Morgan fingerprint density at radius 2 is 2.17 bits per heavy atom. The first-order chi connectivity index (χ1) is 10.7. The number of nitrogens with one attached hydrogen (secondary N) is 1. The average molecular weight is 359 g/mol. The molecule has 2 aromatic rings. The summed E-state index contributed by atoms with van der Waals surface area (Å²) >= 11 is 5.85. The first-order valence-electron chi connectivity index (χ1n) is 6.64. The molecular weight excluding hydrogens is 344 g/mol. The minimum absolute atomic E-state index is 0.0233. The van der Waals surface area contributed by atoms with Crippen LogP contribution in [0.5, 0.6) is 0 Å². The van der Waals surface area contributed by atoms with Gasteiger partial charge < -0.3 is 9.63 Å². The lowest BCUT2D eigenvalue weighted by Gasteiger charge is -2.14. The fraction of sp³-hybridized carbons (Fsp3) is 0.286. The largest absolute Gasteiger partial charge is 0.480 e. The molecular formula is C14H15ClN2O5S. The number of aryl methyl sites for hydroxylation is 1. The number of carboxylic acid groups (broad SMARTS) is 1. The van der Waals surface area contributed by atoms with Gasteiger partial charge in [0.25, 0.3) is 0 Å². The minimum Gasteiger partial charge on any atom is -0.480 e. The van der Waals surface area contributed by atoms with E-state index in [0.717, 1.165) is 0 Å². The predicted molar refractivity (Wildman–Crippen MR) is 83.6 cm³/mol. The third-order valence-electron chi connectivity index (χ3n) is 2.96. The summed E-state index contributed by atoms with van der Waals surface area (Å²) in [6, 6.07) is 6.76. The highest BCUT2D eigenvalue weighted by molar-refractivity contribution is 7.88. The third kappa shape index (κ3) is 5.34. The van der Waals surface area contributed by atoms with Crippen LogP contribution < -0.4 is 4.72 Å². The van der Waals surface area contributed by atoms with E-state index in [9.17, 15) is 18.3 Å². The molecule has 0 fully saturated rings. The normalized spacial score (nSPS) is 13.0. The number of carboxylic acids is 1. The van der Waals surface area contributed by atoms with Gasteiger partial charge in [0.1, 0.15) is 11.8 Å². The van der Waals surface area contributed by atoms with Crippen LogP contribution in [0.1, 0.15) is 17.0 Å². The lowest BCUT2D eigenvalue weighted by Crippen LogP contribution is -2.42. The molecule has 0 radical (unpaired) electrons. The van der Waals surface area contributed by atoms with E-state index in [1.54, 1.807) is 31.2 Å². The smallest absolute Gasteiger partial charge is 0.322 e. The van der Waals surface area contributed by atoms with Gasteiger partial charge in [0.2, 0.25) is 10.0 Å². The van der Waals surface area contributed by atoms with E-state index >= 15 is 0 Å². The molecule has 0 aliphatic carbocycles. The number of carbonyl (C=O) groups is 1. The molecule has 1 heterocycles. The topological polar surface area (TPSA) is 110 Å².